The van der Waals surface area contributed by atoms with Gasteiger partial charge in [0.25, 0.3) is 0 Å². The van der Waals surface area contributed by atoms with Gasteiger partial charge >= 0.3 is 0 Å². The average Bonchev–Trinajstić information content (AvgIpc) is 2.97. The molecule has 1 fully saturated rings. The predicted octanol–water partition coefficient (Wildman–Crippen LogP) is 3.10. The fraction of sp³-hybridized carbons (Fsp3) is 0.368. The Hall–Kier alpha value is -1.68. The van der Waals surface area contributed by atoms with E-state index in [0.717, 1.165) is 19.6 Å². The van der Waals surface area contributed by atoms with Crippen LogP contribution >= 0.6 is 0 Å². The topological polar surface area (TPSA) is 21.7 Å². The van der Waals surface area contributed by atoms with Crippen molar-refractivity contribution in [3.05, 3.63) is 71.8 Å². The average molecular weight is 297 g/mol. The zero-order valence-corrected chi connectivity index (χ0v) is 13.0. The van der Waals surface area contributed by atoms with Crippen LogP contribution < -0.4 is 0 Å². The molecule has 0 spiro atoms. The zero-order valence-electron chi connectivity index (χ0n) is 13.0. The lowest BCUT2D eigenvalue weighted by molar-refractivity contribution is -0.0357. The summed E-state index contributed by atoms with van der Waals surface area (Å²) >= 11 is 0. The van der Waals surface area contributed by atoms with Crippen LogP contribution in [0.5, 0.6) is 0 Å². The van der Waals surface area contributed by atoms with Gasteiger partial charge < -0.3 is 9.47 Å². The summed E-state index contributed by atoms with van der Waals surface area (Å²) in [6.07, 6.45) is 0.279. The number of hydrogen-bond acceptors (Lipinski definition) is 3. The Morgan fingerprint density at radius 1 is 0.864 bits per heavy atom. The largest absolute Gasteiger partial charge is 0.377 e. The molecule has 2 aromatic rings. The maximum absolute atomic E-state index is 6.09. The van der Waals surface area contributed by atoms with Crippen LogP contribution in [0.2, 0.25) is 0 Å². The molecular weight excluding hydrogens is 274 g/mol. The van der Waals surface area contributed by atoms with Gasteiger partial charge in [-0.15, -0.1) is 0 Å². The van der Waals surface area contributed by atoms with Gasteiger partial charge in [0.2, 0.25) is 0 Å². The monoisotopic (exact) mass is 297 g/mol. The van der Waals surface area contributed by atoms with Crippen molar-refractivity contribution in [2.75, 3.05) is 20.2 Å². The van der Waals surface area contributed by atoms with E-state index < -0.39 is 0 Å². The first-order valence-corrected chi connectivity index (χ1v) is 7.80. The summed E-state index contributed by atoms with van der Waals surface area (Å²) in [5, 5.41) is 0. The number of ether oxygens (including phenoxy) is 2. The molecule has 0 aromatic heterocycles. The minimum atomic E-state index is 0.133. The fourth-order valence-electron chi connectivity index (χ4n) is 2.95. The molecule has 2 aromatic carbocycles. The lowest BCUT2D eigenvalue weighted by atomic mass is 10.2. The molecule has 0 aliphatic carbocycles. The van der Waals surface area contributed by atoms with Crippen LogP contribution in [-0.4, -0.2) is 37.3 Å². The van der Waals surface area contributed by atoms with Gasteiger partial charge in [-0.05, 0) is 11.1 Å². The lowest BCUT2D eigenvalue weighted by Crippen LogP contribution is -2.28. The SMILES string of the molecule is CO[C@@H]1CN(Cc2ccccc2)C[C@H]1OCc1ccccc1. The molecule has 0 amide bonds. The minimum absolute atomic E-state index is 0.133. The molecule has 3 rings (SSSR count). The standard InChI is InChI=1S/C19H23NO2/c1-21-18-13-20(12-16-8-4-2-5-9-16)14-19(18)22-15-17-10-6-3-7-11-17/h2-11,18-19H,12-15H2,1H3/t18-,19-/m1/s1. The van der Waals surface area contributed by atoms with Crippen molar-refractivity contribution in [2.45, 2.75) is 25.4 Å². The normalized spacial score (nSPS) is 22.0. The van der Waals surface area contributed by atoms with E-state index in [4.69, 9.17) is 9.47 Å². The van der Waals surface area contributed by atoms with E-state index in [1.807, 2.05) is 18.2 Å². The Bertz CT molecular complexity index is 558. The van der Waals surface area contributed by atoms with E-state index in [0.29, 0.717) is 6.61 Å². The molecule has 0 unspecified atom stereocenters. The molecule has 1 aliphatic heterocycles. The van der Waals surface area contributed by atoms with Crippen LogP contribution in [-0.2, 0) is 22.6 Å². The summed E-state index contributed by atoms with van der Waals surface area (Å²) in [5.74, 6) is 0. The van der Waals surface area contributed by atoms with E-state index in [-0.39, 0.29) is 12.2 Å². The first kappa shape index (κ1) is 15.2. The van der Waals surface area contributed by atoms with Crippen LogP contribution in [0, 0.1) is 0 Å². The molecule has 3 heteroatoms. The van der Waals surface area contributed by atoms with Crippen molar-refractivity contribution in [3.63, 3.8) is 0 Å². The van der Waals surface area contributed by atoms with Crippen LogP contribution in [0.25, 0.3) is 0 Å². The van der Waals surface area contributed by atoms with Gasteiger partial charge in [-0.25, -0.2) is 0 Å². The molecule has 2 atom stereocenters. The highest BCUT2D eigenvalue weighted by atomic mass is 16.5. The highest BCUT2D eigenvalue weighted by molar-refractivity contribution is 5.15. The van der Waals surface area contributed by atoms with Gasteiger partial charge in [-0.1, -0.05) is 60.7 Å². The van der Waals surface area contributed by atoms with Crippen LogP contribution in [0.3, 0.4) is 0 Å². The molecular formula is C19H23NO2. The van der Waals surface area contributed by atoms with Gasteiger partial charge in [-0.3, -0.25) is 4.90 Å². The van der Waals surface area contributed by atoms with E-state index in [1.54, 1.807) is 7.11 Å². The maximum Gasteiger partial charge on any atom is 0.0980 e. The van der Waals surface area contributed by atoms with E-state index in [9.17, 15) is 0 Å². The number of likely N-dealkylation sites (tertiary alicyclic amines) is 1. The molecule has 0 radical (unpaired) electrons. The maximum atomic E-state index is 6.09. The van der Waals surface area contributed by atoms with Gasteiger partial charge in [0, 0.05) is 26.7 Å². The van der Waals surface area contributed by atoms with E-state index in [2.05, 4.69) is 47.4 Å². The van der Waals surface area contributed by atoms with Crippen molar-refractivity contribution in [2.24, 2.45) is 0 Å². The van der Waals surface area contributed by atoms with Gasteiger partial charge in [0.1, 0.15) is 0 Å². The zero-order chi connectivity index (χ0) is 15.2. The molecule has 22 heavy (non-hydrogen) atoms. The Labute approximate surface area is 132 Å². The minimum Gasteiger partial charge on any atom is -0.377 e. The third kappa shape index (κ3) is 3.95. The van der Waals surface area contributed by atoms with Crippen molar-refractivity contribution in [3.8, 4) is 0 Å². The summed E-state index contributed by atoms with van der Waals surface area (Å²) in [7, 11) is 1.77. The summed E-state index contributed by atoms with van der Waals surface area (Å²) in [6, 6.07) is 20.9. The highest BCUT2D eigenvalue weighted by Gasteiger charge is 2.33. The van der Waals surface area contributed by atoms with Crippen molar-refractivity contribution in [1.29, 1.82) is 0 Å². The second-order valence-corrected chi connectivity index (χ2v) is 5.79. The third-order valence-electron chi connectivity index (χ3n) is 4.15. The molecule has 0 saturated carbocycles. The molecule has 0 N–H and O–H groups in total. The Morgan fingerprint density at radius 3 is 2.09 bits per heavy atom. The highest BCUT2D eigenvalue weighted by Crippen LogP contribution is 2.20. The molecule has 116 valence electrons. The second kappa shape index (κ2) is 7.54. The van der Waals surface area contributed by atoms with Crippen LogP contribution in [0.4, 0.5) is 0 Å². The smallest absolute Gasteiger partial charge is 0.0980 e. The third-order valence-corrected chi connectivity index (χ3v) is 4.15. The first-order valence-electron chi connectivity index (χ1n) is 7.80. The van der Waals surface area contributed by atoms with Crippen LogP contribution in [0.15, 0.2) is 60.7 Å². The quantitative estimate of drug-likeness (QED) is 0.818. The van der Waals surface area contributed by atoms with E-state index >= 15 is 0 Å². The molecule has 1 aliphatic rings. The van der Waals surface area contributed by atoms with Crippen molar-refractivity contribution < 1.29 is 9.47 Å². The molecule has 1 saturated heterocycles. The Balaban J connectivity index is 1.55. The summed E-state index contributed by atoms with van der Waals surface area (Å²) in [5.41, 5.74) is 2.54. The van der Waals surface area contributed by atoms with Crippen molar-refractivity contribution in [1.82, 2.24) is 4.90 Å². The lowest BCUT2D eigenvalue weighted by Gasteiger charge is -2.17. The fourth-order valence-corrected chi connectivity index (χ4v) is 2.95. The van der Waals surface area contributed by atoms with E-state index in [1.165, 1.54) is 11.1 Å². The number of methoxy groups -OCH3 is 1. The molecule has 0 bridgehead atoms. The number of benzene rings is 2. The molecule has 3 nitrogen and oxygen atoms in total. The first-order chi connectivity index (χ1) is 10.8. The summed E-state index contributed by atoms with van der Waals surface area (Å²) in [6.45, 7) is 3.43. The van der Waals surface area contributed by atoms with Gasteiger partial charge in [-0.2, -0.15) is 0 Å². The molecule has 1 heterocycles. The summed E-state index contributed by atoms with van der Waals surface area (Å²) < 4.78 is 11.7. The predicted molar refractivity (Wildman–Crippen MR) is 87.5 cm³/mol. The summed E-state index contributed by atoms with van der Waals surface area (Å²) in [4.78, 5) is 2.40. The van der Waals surface area contributed by atoms with Gasteiger partial charge in [0.05, 0.1) is 18.8 Å². The Kier molecular flexibility index (Phi) is 5.22. The number of nitrogens with zero attached hydrogens (tertiary/aromatic N) is 1. The van der Waals surface area contributed by atoms with Gasteiger partial charge in [0.15, 0.2) is 0 Å². The van der Waals surface area contributed by atoms with Crippen molar-refractivity contribution >= 4 is 0 Å². The Morgan fingerprint density at radius 2 is 1.45 bits per heavy atom. The second-order valence-electron chi connectivity index (χ2n) is 5.79. The number of rotatable bonds is 6. The number of hydrogen-bond donors (Lipinski definition) is 0. The van der Waals surface area contributed by atoms with Crippen LogP contribution in [0.1, 0.15) is 11.1 Å².